The Morgan fingerprint density at radius 3 is 2.28 bits per heavy atom. The molecule has 4 saturated carbocycles. The van der Waals surface area contributed by atoms with Crippen LogP contribution in [0.25, 0.3) is 0 Å². The lowest BCUT2D eigenvalue weighted by atomic mass is 9.54. The average molecular weight is 251 g/mol. The quantitative estimate of drug-likeness (QED) is 0.832. The van der Waals surface area contributed by atoms with Crippen molar-refractivity contribution >= 4 is 0 Å². The fraction of sp³-hybridized carbons (Fsp3) is 1.00. The standard InChI is InChI=1S/C15H25NO2/c1-2-17-9-14(16-1)10-18-15-6-11-3-12(7-15)5-13(4-11)8-15/h11-14,16H,1-10H2. The van der Waals surface area contributed by atoms with E-state index in [0.717, 1.165) is 44.1 Å². The second-order valence-corrected chi connectivity index (χ2v) is 7.14. The van der Waals surface area contributed by atoms with Crippen LogP contribution in [0.3, 0.4) is 0 Å². The third-order valence-electron chi connectivity index (χ3n) is 5.57. The zero-order valence-corrected chi connectivity index (χ0v) is 11.2. The molecule has 1 atom stereocenters. The number of hydrogen-bond acceptors (Lipinski definition) is 3. The van der Waals surface area contributed by atoms with E-state index in [0.29, 0.717) is 6.04 Å². The van der Waals surface area contributed by atoms with E-state index in [-0.39, 0.29) is 5.60 Å². The summed E-state index contributed by atoms with van der Waals surface area (Å²) in [4.78, 5) is 0. The second-order valence-electron chi connectivity index (χ2n) is 7.14. The van der Waals surface area contributed by atoms with Crippen LogP contribution in [0.5, 0.6) is 0 Å². The molecule has 1 aliphatic heterocycles. The monoisotopic (exact) mass is 251 g/mol. The number of rotatable bonds is 3. The SMILES string of the molecule is C1COCC(COC23CC4CC(CC(C4)C2)C3)N1. The van der Waals surface area contributed by atoms with Crippen molar-refractivity contribution < 1.29 is 9.47 Å². The van der Waals surface area contributed by atoms with Gasteiger partial charge in [-0.3, -0.25) is 0 Å². The molecule has 0 aromatic carbocycles. The van der Waals surface area contributed by atoms with Gasteiger partial charge in [0.25, 0.3) is 0 Å². The number of nitrogens with one attached hydrogen (secondary N) is 1. The molecule has 0 radical (unpaired) electrons. The summed E-state index contributed by atoms with van der Waals surface area (Å²) in [6.07, 6.45) is 8.50. The van der Waals surface area contributed by atoms with E-state index in [1.165, 1.54) is 38.5 Å². The zero-order chi connectivity index (χ0) is 12.0. The van der Waals surface area contributed by atoms with Gasteiger partial charge in [0.1, 0.15) is 0 Å². The van der Waals surface area contributed by atoms with Crippen LogP contribution in [0.15, 0.2) is 0 Å². The predicted molar refractivity (Wildman–Crippen MR) is 69.5 cm³/mol. The van der Waals surface area contributed by atoms with Gasteiger partial charge < -0.3 is 14.8 Å². The molecule has 5 rings (SSSR count). The van der Waals surface area contributed by atoms with E-state index in [2.05, 4.69) is 5.32 Å². The summed E-state index contributed by atoms with van der Waals surface area (Å²) in [5.41, 5.74) is 0.258. The Balaban J connectivity index is 1.38. The van der Waals surface area contributed by atoms with Crippen LogP contribution in [0.1, 0.15) is 38.5 Å². The van der Waals surface area contributed by atoms with Gasteiger partial charge in [0.2, 0.25) is 0 Å². The molecule has 0 aromatic rings. The van der Waals surface area contributed by atoms with Crippen molar-refractivity contribution in [3.05, 3.63) is 0 Å². The molecule has 0 amide bonds. The molecule has 102 valence electrons. The second kappa shape index (κ2) is 4.46. The van der Waals surface area contributed by atoms with E-state index >= 15 is 0 Å². The highest BCUT2D eigenvalue weighted by Crippen LogP contribution is 2.57. The molecule has 18 heavy (non-hydrogen) atoms. The fourth-order valence-corrected chi connectivity index (χ4v) is 5.21. The highest BCUT2D eigenvalue weighted by atomic mass is 16.5. The van der Waals surface area contributed by atoms with Crippen LogP contribution in [0, 0.1) is 17.8 Å². The van der Waals surface area contributed by atoms with Crippen molar-refractivity contribution in [2.24, 2.45) is 17.8 Å². The molecule has 3 nitrogen and oxygen atoms in total. The van der Waals surface area contributed by atoms with Crippen LogP contribution >= 0.6 is 0 Å². The van der Waals surface area contributed by atoms with Crippen molar-refractivity contribution in [1.29, 1.82) is 0 Å². The maximum atomic E-state index is 6.44. The zero-order valence-electron chi connectivity index (χ0n) is 11.2. The first kappa shape index (κ1) is 11.7. The highest BCUT2D eigenvalue weighted by molar-refractivity contribution is 5.03. The summed E-state index contributed by atoms with van der Waals surface area (Å²) in [5, 5.41) is 3.50. The van der Waals surface area contributed by atoms with Crippen molar-refractivity contribution in [2.45, 2.75) is 50.2 Å². The number of morpholine rings is 1. The van der Waals surface area contributed by atoms with Crippen molar-refractivity contribution in [2.75, 3.05) is 26.4 Å². The smallest absolute Gasteiger partial charge is 0.0691 e. The lowest BCUT2D eigenvalue weighted by molar-refractivity contribution is -0.169. The van der Waals surface area contributed by atoms with E-state index in [9.17, 15) is 0 Å². The molecule has 1 saturated heterocycles. The van der Waals surface area contributed by atoms with Gasteiger partial charge in [0.15, 0.2) is 0 Å². The normalized spacial score (nSPS) is 50.7. The summed E-state index contributed by atoms with van der Waals surface area (Å²) in [6, 6.07) is 0.423. The fourth-order valence-electron chi connectivity index (χ4n) is 5.21. The first-order valence-corrected chi connectivity index (χ1v) is 7.76. The van der Waals surface area contributed by atoms with Gasteiger partial charge >= 0.3 is 0 Å². The van der Waals surface area contributed by atoms with Crippen molar-refractivity contribution in [1.82, 2.24) is 5.32 Å². The summed E-state index contributed by atoms with van der Waals surface area (Å²) in [5.74, 6) is 2.94. The van der Waals surface area contributed by atoms with Crippen LogP contribution < -0.4 is 5.32 Å². The van der Waals surface area contributed by atoms with Gasteiger partial charge in [0, 0.05) is 6.54 Å². The van der Waals surface area contributed by atoms with E-state index in [1.807, 2.05) is 0 Å². The maximum absolute atomic E-state index is 6.44. The first-order valence-electron chi connectivity index (χ1n) is 7.76. The Kier molecular flexibility index (Phi) is 2.90. The molecule has 0 spiro atoms. The number of hydrogen-bond donors (Lipinski definition) is 1. The highest BCUT2D eigenvalue weighted by Gasteiger charge is 2.51. The van der Waals surface area contributed by atoms with Gasteiger partial charge in [-0.15, -0.1) is 0 Å². The Bertz CT molecular complexity index is 276. The molecule has 4 aliphatic carbocycles. The topological polar surface area (TPSA) is 30.5 Å². The molecule has 1 heterocycles. The van der Waals surface area contributed by atoms with Gasteiger partial charge in [-0.1, -0.05) is 0 Å². The molecule has 1 N–H and O–H groups in total. The van der Waals surface area contributed by atoms with E-state index < -0.39 is 0 Å². The third kappa shape index (κ3) is 2.10. The van der Waals surface area contributed by atoms with E-state index in [1.54, 1.807) is 0 Å². The van der Waals surface area contributed by atoms with Crippen LogP contribution in [-0.2, 0) is 9.47 Å². The summed E-state index contributed by atoms with van der Waals surface area (Å²) < 4.78 is 12.0. The number of ether oxygens (including phenoxy) is 2. The Morgan fingerprint density at radius 1 is 1.06 bits per heavy atom. The van der Waals surface area contributed by atoms with Gasteiger partial charge in [-0.2, -0.15) is 0 Å². The largest absolute Gasteiger partial charge is 0.378 e. The van der Waals surface area contributed by atoms with Crippen LogP contribution in [0.4, 0.5) is 0 Å². The van der Waals surface area contributed by atoms with Crippen molar-refractivity contribution in [3.8, 4) is 0 Å². The predicted octanol–water partition coefficient (Wildman–Crippen LogP) is 1.96. The van der Waals surface area contributed by atoms with E-state index in [4.69, 9.17) is 9.47 Å². The Morgan fingerprint density at radius 2 is 1.72 bits per heavy atom. The molecule has 0 aromatic heterocycles. The van der Waals surface area contributed by atoms with Gasteiger partial charge in [-0.05, 0) is 56.3 Å². The molecule has 5 aliphatic rings. The molecule has 1 unspecified atom stereocenters. The minimum Gasteiger partial charge on any atom is -0.378 e. The lowest BCUT2D eigenvalue weighted by Gasteiger charge is -2.56. The lowest BCUT2D eigenvalue weighted by Crippen LogP contribution is -2.54. The van der Waals surface area contributed by atoms with Crippen LogP contribution in [0.2, 0.25) is 0 Å². The summed E-state index contributed by atoms with van der Waals surface area (Å²) in [7, 11) is 0. The molecule has 4 bridgehead atoms. The summed E-state index contributed by atoms with van der Waals surface area (Å²) >= 11 is 0. The summed E-state index contributed by atoms with van der Waals surface area (Å²) in [6.45, 7) is 3.52. The Hall–Kier alpha value is -0.120. The minimum absolute atomic E-state index is 0.258. The van der Waals surface area contributed by atoms with Gasteiger partial charge in [-0.25, -0.2) is 0 Å². The van der Waals surface area contributed by atoms with Gasteiger partial charge in [0.05, 0.1) is 31.5 Å². The molecule has 3 heteroatoms. The first-order chi connectivity index (χ1) is 8.81. The van der Waals surface area contributed by atoms with Crippen molar-refractivity contribution in [3.63, 3.8) is 0 Å². The average Bonchev–Trinajstić information content (AvgIpc) is 2.36. The molecule has 5 fully saturated rings. The molecular weight excluding hydrogens is 226 g/mol. The Labute approximate surface area is 110 Å². The van der Waals surface area contributed by atoms with Crippen LogP contribution in [-0.4, -0.2) is 38.0 Å². The molecular formula is C15H25NO2. The minimum atomic E-state index is 0.258. The maximum Gasteiger partial charge on any atom is 0.0691 e. The third-order valence-corrected chi connectivity index (χ3v) is 5.57.